The minimum absolute atomic E-state index is 0.168. The fourth-order valence-corrected chi connectivity index (χ4v) is 2.61. The van der Waals surface area contributed by atoms with Crippen LogP contribution < -0.4 is 5.32 Å². The average molecular weight is 276 g/mol. The van der Waals surface area contributed by atoms with Crippen molar-refractivity contribution in [3.8, 4) is 0 Å². The molecule has 0 heterocycles. The quantitative estimate of drug-likeness (QED) is 0.888. The number of urea groups is 1. The van der Waals surface area contributed by atoms with Gasteiger partial charge in [-0.3, -0.25) is 0 Å². The fraction of sp³-hybridized carbons (Fsp3) is 0.467. The Bertz CT molecular complexity index is 496. The van der Waals surface area contributed by atoms with Crippen molar-refractivity contribution in [2.24, 2.45) is 5.92 Å². The number of carbonyl (C=O) groups is 2. The maximum absolute atomic E-state index is 12.0. The van der Waals surface area contributed by atoms with Crippen LogP contribution in [0.1, 0.15) is 36.0 Å². The highest BCUT2D eigenvalue weighted by atomic mass is 16.4. The smallest absolute Gasteiger partial charge is 0.335 e. The Kier molecular flexibility index (Phi) is 4.61. The largest absolute Gasteiger partial charge is 0.478 e. The summed E-state index contributed by atoms with van der Waals surface area (Å²) in [5, 5.41) is 11.7. The molecule has 1 aliphatic rings. The van der Waals surface area contributed by atoms with E-state index in [0.717, 1.165) is 6.54 Å². The second kappa shape index (κ2) is 6.41. The standard InChI is InChI=1S/C15H20N2O3/c1-17(10-11-5-2-3-6-11)15(20)16-13-8-4-7-12(9-13)14(18)19/h4,7-9,11H,2-3,5-6,10H2,1H3,(H,16,20)(H,18,19). The van der Waals surface area contributed by atoms with E-state index in [2.05, 4.69) is 5.32 Å². The first-order valence-corrected chi connectivity index (χ1v) is 6.92. The molecule has 2 rings (SSSR count). The van der Waals surface area contributed by atoms with Gasteiger partial charge in [0, 0.05) is 19.3 Å². The number of rotatable bonds is 4. The van der Waals surface area contributed by atoms with Crippen molar-refractivity contribution in [2.45, 2.75) is 25.7 Å². The molecule has 0 spiro atoms. The minimum Gasteiger partial charge on any atom is -0.478 e. The van der Waals surface area contributed by atoms with E-state index in [-0.39, 0.29) is 11.6 Å². The third kappa shape index (κ3) is 3.73. The lowest BCUT2D eigenvalue weighted by atomic mass is 10.1. The van der Waals surface area contributed by atoms with Gasteiger partial charge in [-0.25, -0.2) is 9.59 Å². The molecule has 108 valence electrons. The monoisotopic (exact) mass is 276 g/mol. The average Bonchev–Trinajstić information content (AvgIpc) is 2.91. The van der Waals surface area contributed by atoms with Gasteiger partial charge >= 0.3 is 12.0 Å². The van der Waals surface area contributed by atoms with E-state index >= 15 is 0 Å². The molecule has 0 aromatic heterocycles. The van der Waals surface area contributed by atoms with E-state index < -0.39 is 5.97 Å². The first-order chi connectivity index (χ1) is 9.56. The SMILES string of the molecule is CN(CC1CCCC1)C(=O)Nc1cccc(C(=O)O)c1. The van der Waals surface area contributed by atoms with E-state index in [1.54, 1.807) is 24.1 Å². The van der Waals surface area contributed by atoms with Gasteiger partial charge in [0.15, 0.2) is 0 Å². The second-order valence-corrected chi connectivity index (χ2v) is 5.35. The number of carbonyl (C=O) groups excluding carboxylic acids is 1. The van der Waals surface area contributed by atoms with Gasteiger partial charge in [0.05, 0.1) is 5.56 Å². The maximum Gasteiger partial charge on any atom is 0.335 e. The number of carboxylic acid groups (broad SMARTS) is 1. The zero-order chi connectivity index (χ0) is 14.5. The van der Waals surface area contributed by atoms with Gasteiger partial charge in [0.25, 0.3) is 0 Å². The van der Waals surface area contributed by atoms with Crippen LogP contribution in [0.4, 0.5) is 10.5 Å². The van der Waals surface area contributed by atoms with Crippen molar-refractivity contribution < 1.29 is 14.7 Å². The Balaban J connectivity index is 1.92. The first-order valence-electron chi connectivity index (χ1n) is 6.92. The Morgan fingerprint density at radius 3 is 2.70 bits per heavy atom. The van der Waals surface area contributed by atoms with E-state index in [0.29, 0.717) is 11.6 Å². The Hall–Kier alpha value is -2.04. The van der Waals surface area contributed by atoms with Gasteiger partial charge in [-0.1, -0.05) is 18.9 Å². The molecule has 20 heavy (non-hydrogen) atoms. The highest BCUT2D eigenvalue weighted by Gasteiger charge is 2.19. The van der Waals surface area contributed by atoms with Gasteiger partial charge in [-0.15, -0.1) is 0 Å². The van der Waals surface area contributed by atoms with Crippen LogP contribution in [-0.2, 0) is 0 Å². The molecule has 5 nitrogen and oxygen atoms in total. The predicted octanol–water partition coefficient (Wildman–Crippen LogP) is 3.04. The van der Waals surface area contributed by atoms with Gasteiger partial charge in [-0.05, 0) is 37.0 Å². The van der Waals surface area contributed by atoms with E-state index in [1.165, 1.54) is 37.8 Å². The molecule has 5 heteroatoms. The highest BCUT2D eigenvalue weighted by molar-refractivity contribution is 5.93. The summed E-state index contributed by atoms with van der Waals surface area (Å²) < 4.78 is 0. The zero-order valence-corrected chi connectivity index (χ0v) is 11.6. The number of carboxylic acids is 1. The van der Waals surface area contributed by atoms with Crippen molar-refractivity contribution in [3.05, 3.63) is 29.8 Å². The Morgan fingerprint density at radius 1 is 1.35 bits per heavy atom. The summed E-state index contributed by atoms with van der Waals surface area (Å²) in [4.78, 5) is 24.6. The zero-order valence-electron chi connectivity index (χ0n) is 11.6. The molecule has 1 saturated carbocycles. The summed E-state index contributed by atoms with van der Waals surface area (Å²) in [6.45, 7) is 0.754. The lowest BCUT2D eigenvalue weighted by Crippen LogP contribution is -2.34. The van der Waals surface area contributed by atoms with Gasteiger partial charge in [0.1, 0.15) is 0 Å². The summed E-state index contributed by atoms with van der Waals surface area (Å²) in [7, 11) is 1.77. The number of hydrogen-bond acceptors (Lipinski definition) is 2. The van der Waals surface area contributed by atoms with Crippen molar-refractivity contribution in [1.29, 1.82) is 0 Å². The van der Waals surface area contributed by atoms with Gasteiger partial charge in [-0.2, -0.15) is 0 Å². The minimum atomic E-state index is -1.000. The summed E-state index contributed by atoms with van der Waals surface area (Å²) >= 11 is 0. The van der Waals surface area contributed by atoms with Crippen LogP contribution in [0.3, 0.4) is 0 Å². The predicted molar refractivity (Wildman–Crippen MR) is 77.0 cm³/mol. The summed E-state index contributed by atoms with van der Waals surface area (Å²) in [5.74, 6) is -0.406. The van der Waals surface area contributed by atoms with Crippen molar-refractivity contribution in [1.82, 2.24) is 4.90 Å². The van der Waals surface area contributed by atoms with Gasteiger partial charge < -0.3 is 15.3 Å². The summed E-state index contributed by atoms with van der Waals surface area (Å²) in [6, 6.07) is 6.08. The number of amides is 2. The number of anilines is 1. The lowest BCUT2D eigenvalue weighted by molar-refractivity contribution is 0.0697. The van der Waals surface area contributed by atoms with E-state index in [1.807, 2.05) is 0 Å². The molecule has 1 fully saturated rings. The molecular formula is C15H20N2O3. The molecular weight excluding hydrogens is 256 g/mol. The molecule has 1 aliphatic carbocycles. The molecule has 0 bridgehead atoms. The maximum atomic E-state index is 12.0. The van der Waals surface area contributed by atoms with E-state index in [4.69, 9.17) is 5.11 Å². The molecule has 0 atom stereocenters. The third-order valence-corrected chi connectivity index (χ3v) is 3.71. The number of nitrogens with zero attached hydrogens (tertiary/aromatic N) is 1. The highest BCUT2D eigenvalue weighted by Crippen LogP contribution is 2.25. The second-order valence-electron chi connectivity index (χ2n) is 5.35. The number of aromatic carboxylic acids is 1. The molecule has 0 unspecified atom stereocenters. The van der Waals surface area contributed by atoms with Crippen molar-refractivity contribution in [2.75, 3.05) is 18.9 Å². The number of benzene rings is 1. The molecule has 0 radical (unpaired) electrons. The van der Waals surface area contributed by atoms with Crippen LogP contribution in [-0.4, -0.2) is 35.6 Å². The molecule has 0 saturated heterocycles. The molecule has 2 N–H and O–H groups in total. The lowest BCUT2D eigenvalue weighted by Gasteiger charge is -2.21. The molecule has 1 aromatic carbocycles. The fourth-order valence-electron chi connectivity index (χ4n) is 2.61. The molecule has 2 amide bonds. The van der Waals surface area contributed by atoms with Crippen molar-refractivity contribution >= 4 is 17.7 Å². The van der Waals surface area contributed by atoms with Crippen LogP contribution in [0.2, 0.25) is 0 Å². The first kappa shape index (κ1) is 14.4. The van der Waals surface area contributed by atoms with Crippen LogP contribution >= 0.6 is 0 Å². The van der Waals surface area contributed by atoms with Crippen LogP contribution in [0, 0.1) is 5.92 Å². The molecule has 0 aliphatic heterocycles. The van der Waals surface area contributed by atoms with Crippen LogP contribution in [0.15, 0.2) is 24.3 Å². The topological polar surface area (TPSA) is 69.6 Å². The number of nitrogens with one attached hydrogen (secondary N) is 1. The van der Waals surface area contributed by atoms with Crippen molar-refractivity contribution in [3.63, 3.8) is 0 Å². The van der Waals surface area contributed by atoms with Gasteiger partial charge in [0.2, 0.25) is 0 Å². The van der Waals surface area contributed by atoms with Crippen LogP contribution in [0.5, 0.6) is 0 Å². The summed E-state index contributed by atoms with van der Waals surface area (Å²) in [6.07, 6.45) is 4.87. The van der Waals surface area contributed by atoms with Crippen LogP contribution in [0.25, 0.3) is 0 Å². The van der Waals surface area contributed by atoms with E-state index in [9.17, 15) is 9.59 Å². The normalized spacial score (nSPS) is 15.1. The Morgan fingerprint density at radius 2 is 2.05 bits per heavy atom. The summed E-state index contributed by atoms with van der Waals surface area (Å²) in [5.41, 5.74) is 0.675. The molecule has 1 aromatic rings. The third-order valence-electron chi connectivity index (χ3n) is 3.71. The number of hydrogen-bond donors (Lipinski definition) is 2. The Labute approximate surface area is 118 Å².